The number of hydrogen-bond acceptors (Lipinski definition) is 7. The molecule has 1 saturated heterocycles. The van der Waals surface area contributed by atoms with Gasteiger partial charge in [0.05, 0.1) is 21.8 Å². The van der Waals surface area contributed by atoms with Gasteiger partial charge >= 0.3 is 0 Å². The van der Waals surface area contributed by atoms with E-state index in [0.717, 1.165) is 65.7 Å². The van der Waals surface area contributed by atoms with Crippen molar-refractivity contribution in [2.45, 2.75) is 30.7 Å². The predicted octanol–water partition coefficient (Wildman–Crippen LogP) is 4.75. The molecule has 1 N–H and O–H groups in total. The van der Waals surface area contributed by atoms with Crippen molar-refractivity contribution in [3.05, 3.63) is 70.6 Å². The van der Waals surface area contributed by atoms with Crippen LogP contribution >= 0.6 is 23.1 Å². The van der Waals surface area contributed by atoms with Gasteiger partial charge < -0.3 is 10.2 Å². The lowest BCUT2D eigenvalue weighted by Gasteiger charge is -2.31. The first-order chi connectivity index (χ1) is 18.2. The fraction of sp³-hybridized carbons (Fsp3) is 0.296. The summed E-state index contributed by atoms with van der Waals surface area (Å²) in [7, 11) is 0. The van der Waals surface area contributed by atoms with Crippen LogP contribution in [0.15, 0.2) is 64.2 Å². The number of thioether (sulfide) groups is 1. The molecule has 1 fully saturated rings. The molecule has 0 spiro atoms. The number of imidazole rings is 1. The largest absolute Gasteiger partial charge is 0.352 e. The number of aromatic nitrogens is 4. The van der Waals surface area contributed by atoms with Gasteiger partial charge in [-0.25, -0.2) is 9.97 Å². The minimum absolute atomic E-state index is 0.00685. The number of pyridine rings is 2. The highest BCUT2D eigenvalue weighted by atomic mass is 32.2. The Balaban J connectivity index is 0.943. The number of nitrogens with zero attached hydrogens (tertiary/aromatic N) is 5. The van der Waals surface area contributed by atoms with Crippen LogP contribution in [0.5, 0.6) is 0 Å². The second kappa shape index (κ2) is 10.5. The van der Waals surface area contributed by atoms with E-state index in [4.69, 9.17) is 0 Å². The van der Waals surface area contributed by atoms with Crippen LogP contribution < -0.4 is 5.32 Å². The van der Waals surface area contributed by atoms with Crippen molar-refractivity contribution in [1.29, 1.82) is 0 Å². The summed E-state index contributed by atoms with van der Waals surface area (Å²) in [6, 6.07) is 9.76. The Kier molecular flexibility index (Phi) is 6.75. The zero-order valence-electron chi connectivity index (χ0n) is 20.2. The van der Waals surface area contributed by atoms with Crippen molar-refractivity contribution < 1.29 is 9.59 Å². The molecule has 0 unspecified atom stereocenters. The molecule has 0 saturated carbocycles. The van der Waals surface area contributed by atoms with Crippen molar-refractivity contribution in [3.63, 3.8) is 0 Å². The summed E-state index contributed by atoms with van der Waals surface area (Å²) in [6.07, 6.45) is 11.1. The van der Waals surface area contributed by atoms with Gasteiger partial charge in [0.1, 0.15) is 16.3 Å². The molecule has 4 aromatic heterocycles. The zero-order valence-corrected chi connectivity index (χ0v) is 21.8. The number of likely N-dealkylation sites (tertiary alicyclic amines) is 1. The number of piperidine rings is 1. The SMILES string of the molecule is O=C(NCCCC1CCN(C(=O)c2csc(-c3cccnc3)n2)CC1)C1=Cc2cnc3cccc(n23)S1. The van der Waals surface area contributed by atoms with E-state index in [0.29, 0.717) is 23.1 Å². The topological polar surface area (TPSA) is 92.5 Å². The summed E-state index contributed by atoms with van der Waals surface area (Å²) in [6.45, 7) is 2.14. The highest BCUT2D eigenvalue weighted by molar-refractivity contribution is 8.04. The third-order valence-corrected chi connectivity index (χ3v) is 8.79. The van der Waals surface area contributed by atoms with Crippen molar-refractivity contribution in [3.8, 4) is 10.6 Å². The number of carbonyl (C=O) groups excluding carboxylic acids is 2. The molecule has 0 aromatic carbocycles. The fourth-order valence-corrected chi connectivity index (χ4v) is 6.65. The second-order valence-corrected chi connectivity index (χ2v) is 11.2. The monoisotopic (exact) mass is 530 g/mol. The zero-order chi connectivity index (χ0) is 25.2. The lowest BCUT2D eigenvalue weighted by molar-refractivity contribution is -0.116. The Labute approximate surface area is 222 Å². The van der Waals surface area contributed by atoms with E-state index in [1.54, 1.807) is 18.6 Å². The number of rotatable bonds is 7. The molecule has 2 aliphatic rings. The van der Waals surface area contributed by atoms with Gasteiger partial charge in [0.25, 0.3) is 11.8 Å². The molecule has 0 aliphatic carbocycles. The molecular formula is C27H26N6O2S2. The van der Waals surface area contributed by atoms with Gasteiger partial charge in [0.15, 0.2) is 0 Å². The molecule has 37 heavy (non-hydrogen) atoms. The van der Waals surface area contributed by atoms with Gasteiger partial charge in [0, 0.05) is 43.0 Å². The summed E-state index contributed by atoms with van der Waals surface area (Å²) < 4.78 is 2.06. The smallest absolute Gasteiger partial charge is 0.273 e. The lowest BCUT2D eigenvalue weighted by atomic mass is 9.92. The number of carbonyl (C=O) groups is 2. The first-order valence-electron chi connectivity index (χ1n) is 12.4. The third-order valence-electron chi connectivity index (χ3n) is 6.85. The molecule has 188 valence electrons. The van der Waals surface area contributed by atoms with Crippen molar-refractivity contribution in [1.82, 2.24) is 29.6 Å². The van der Waals surface area contributed by atoms with Crippen LogP contribution in [0.4, 0.5) is 0 Å². The van der Waals surface area contributed by atoms with Gasteiger partial charge in [-0.2, -0.15) is 0 Å². The van der Waals surface area contributed by atoms with Crippen LogP contribution in [0.3, 0.4) is 0 Å². The fourth-order valence-electron chi connectivity index (χ4n) is 4.86. The second-order valence-electron chi connectivity index (χ2n) is 9.26. The van der Waals surface area contributed by atoms with Crippen molar-refractivity contribution in [2.24, 2.45) is 5.92 Å². The molecule has 0 bridgehead atoms. The number of hydrogen-bond donors (Lipinski definition) is 1. The summed E-state index contributed by atoms with van der Waals surface area (Å²) in [5, 5.41) is 6.74. The summed E-state index contributed by atoms with van der Waals surface area (Å²) in [5.41, 5.74) is 3.27. The van der Waals surface area contributed by atoms with Crippen LogP contribution in [0.1, 0.15) is 41.9 Å². The van der Waals surface area contributed by atoms with Gasteiger partial charge in [-0.05, 0) is 61.9 Å². The molecule has 8 nitrogen and oxygen atoms in total. The van der Waals surface area contributed by atoms with Crippen LogP contribution in [0.2, 0.25) is 0 Å². The van der Waals surface area contributed by atoms with Crippen LogP contribution in [-0.2, 0) is 4.79 Å². The van der Waals surface area contributed by atoms with Crippen molar-refractivity contribution >= 4 is 46.6 Å². The minimum Gasteiger partial charge on any atom is -0.352 e. The van der Waals surface area contributed by atoms with Gasteiger partial charge in [-0.15, -0.1) is 11.3 Å². The van der Waals surface area contributed by atoms with Gasteiger partial charge in [-0.3, -0.25) is 19.0 Å². The number of thiazole rings is 1. The first kappa shape index (κ1) is 23.9. The normalized spacial score (nSPS) is 15.6. The van der Waals surface area contributed by atoms with E-state index in [9.17, 15) is 9.59 Å². The van der Waals surface area contributed by atoms with Crippen LogP contribution in [0, 0.1) is 5.92 Å². The Hall–Kier alpha value is -3.50. The molecule has 4 aromatic rings. The van der Waals surface area contributed by atoms with Crippen molar-refractivity contribution in [2.75, 3.05) is 19.6 Å². The highest BCUT2D eigenvalue weighted by Crippen LogP contribution is 2.34. The van der Waals surface area contributed by atoms with Crippen LogP contribution in [-0.4, -0.2) is 55.7 Å². The standard InChI is InChI=1S/C27H26N6O2S2/c34-25(22-14-20-16-30-23-6-1-7-24(37-22)33(20)23)29-11-2-4-18-8-12-32(13-9-18)27(35)21-17-36-26(31-21)19-5-3-10-28-15-19/h1,3,5-7,10,14-18H,2,4,8-9,11-13H2,(H,29,34). The maximum atomic E-state index is 13.0. The van der Waals surface area contributed by atoms with E-state index < -0.39 is 0 Å². The molecular weight excluding hydrogens is 504 g/mol. The first-order valence-corrected chi connectivity index (χ1v) is 14.1. The van der Waals surface area contributed by atoms with E-state index in [-0.39, 0.29) is 11.8 Å². The number of nitrogens with one attached hydrogen (secondary N) is 1. The Morgan fingerprint density at radius 1 is 1.11 bits per heavy atom. The van der Waals surface area contributed by atoms with Gasteiger partial charge in [0.2, 0.25) is 0 Å². The average Bonchev–Trinajstić information content (AvgIpc) is 3.60. The Bertz CT molecular complexity index is 1470. The van der Waals surface area contributed by atoms with E-state index in [1.807, 2.05) is 46.7 Å². The molecule has 6 rings (SSSR count). The molecule has 6 heterocycles. The van der Waals surface area contributed by atoms with E-state index in [2.05, 4.69) is 24.7 Å². The molecule has 10 heteroatoms. The highest BCUT2D eigenvalue weighted by Gasteiger charge is 2.25. The molecule has 0 atom stereocenters. The van der Waals surface area contributed by atoms with E-state index in [1.165, 1.54) is 23.1 Å². The number of amides is 2. The maximum absolute atomic E-state index is 13.0. The van der Waals surface area contributed by atoms with Crippen LogP contribution in [0.25, 0.3) is 22.3 Å². The summed E-state index contributed by atoms with van der Waals surface area (Å²) >= 11 is 2.95. The molecule has 2 amide bonds. The Morgan fingerprint density at radius 2 is 2.00 bits per heavy atom. The third kappa shape index (κ3) is 5.03. The lowest BCUT2D eigenvalue weighted by Crippen LogP contribution is -2.38. The molecule has 0 radical (unpaired) electrons. The van der Waals surface area contributed by atoms with E-state index >= 15 is 0 Å². The molecule has 2 aliphatic heterocycles. The predicted molar refractivity (Wildman–Crippen MR) is 145 cm³/mol. The summed E-state index contributed by atoms with van der Waals surface area (Å²) in [4.78, 5) is 41.4. The maximum Gasteiger partial charge on any atom is 0.273 e. The quantitative estimate of drug-likeness (QED) is 0.347. The van der Waals surface area contributed by atoms with Gasteiger partial charge in [-0.1, -0.05) is 17.8 Å². The minimum atomic E-state index is -0.0382. The Morgan fingerprint density at radius 3 is 2.84 bits per heavy atom. The summed E-state index contributed by atoms with van der Waals surface area (Å²) in [5.74, 6) is 0.536. The average molecular weight is 531 g/mol.